The molecule has 0 amide bonds. The summed E-state index contributed by atoms with van der Waals surface area (Å²) in [5.41, 5.74) is 4.44. The highest BCUT2D eigenvalue weighted by Crippen LogP contribution is 2.34. The molecule has 0 saturated heterocycles. The fourth-order valence-electron chi connectivity index (χ4n) is 7.65. The molecule has 0 aromatic heterocycles. The van der Waals surface area contributed by atoms with Crippen molar-refractivity contribution in [2.75, 3.05) is 32.7 Å². The number of hydrogen-bond acceptors (Lipinski definition) is 4. The van der Waals surface area contributed by atoms with Crippen LogP contribution in [-0.2, 0) is 0 Å². The topological polar surface area (TPSA) is 13.0 Å². The van der Waals surface area contributed by atoms with Crippen LogP contribution >= 0.6 is 82.6 Å². The first kappa shape index (κ1) is 60.3. The molecule has 64 heavy (non-hydrogen) atoms. The molecule has 0 N–H and O–H groups in total. The van der Waals surface area contributed by atoms with Crippen LogP contribution in [0.4, 0.5) is 31.5 Å². The Hall–Kier alpha value is -1.75. The summed E-state index contributed by atoms with van der Waals surface area (Å²) in [4.78, 5) is 9.19. The fourth-order valence-corrected chi connectivity index (χ4v) is 8.91. The highest BCUT2D eigenvalue weighted by molar-refractivity contribution is 9.11. The highest BCUT2D eigenvalue weighted by Gasteiger charge is 2.27. The maximum Gasteiger partial charge on any atom is 0.141 e. The van der Waals surface area contributed by atoms with Crippen molar-refractivity contribution in [1.82, 2.24) is 0 Å². The summed E-state index contributed by atoms with van der Waals surface area (Å²) >= 11 is 28.1. The van der Waals surface area contributed by atoms with Crippen molar-refractivity contribution < 1.29 is 8.78 Å². The van der Waals surface area contributed by atoms with E-state index >= 15 is 0 Å². The lowest BCUT2D eigenvalue weighted by Crippen LogP contribution is -2.46. The van der Waals surface area contributed by atoms with E-state index in [2.05, 4.69) is 204 Å². The van der Waals surface area contributed by atoms with Crippen molar-refractivity contribution in [1.29, 1.82) is 0 Å². The zero-order valence-electron chi connectivity index (χ0n) is 41.7. The summed E-state index contributed by atoms with van der Waals surface area (Å²) in [6, 6.07) is 23.1. The van der Waals surface area contributed by atoms with E-state index < -0.39 is 0 Å². The maximum absolute atomic E-state index is 13.5. The van der Waals surface area contributed by atoms with Gasteiger partial charge in [0.2, 0.25) is 0 Å². The molecule has 0 aliphatic heterocycles. The van der Waals surface area contributed by atoms with E-state index in [-0.39, 0.29) is 38.8 Å². The van der Waals surface area contributed by atoms with Crippen LogP contribution in [0.1, 0.15) is 137 Å². The third kappa shape index (κ3) is 19.5. The van der Waals surface area contributed by atoms with E-state index in [0.717, 1.165) is 56.3 Å². The summed E-state index contributed by atoms with van der Waals surface area (Å²) < 4.78 is 29.0. The first-order chi connectivity index (χ1) is 29.2. The van der Waals surface area contributed by atoms with Crippen LogP contribution < -0.4 is 19.6 Å². The van der Waals surface area contributed by atoms with Crippen LogP contribution in [0.5, 0.6) is 0 Å². The van der Waals surface area contributed by atoms with Gasteiger partial charge in [-0.3, -0.25) is 0 Å². The molecule has 4 aromatic rings. The summed E-state index contributed by atoms with van der Waals surface area (Å²) in [6.45, 7) is 41.0. The standard InChI is InChI=1S/2C13H19BrClN.C13H19BrFN.C13H19ClFN/c2*1-5-8-16(13(2,3)4)10-6-7-11(14)12(15)9-10;1-9(2)16(13(3,4)5)10-6-7-11(14)12(15)8-10;1-9(2)16(13(3,4)5)10-6-7-12(15)11(14)8-10/h2*6-7,9H,5,8H2,1-4H3;2*6-9H,1-5H3. The Morgan fingerprint density at radius 2 is 0.750 bits per heavy atom. The van der Waals surface area contributed by atoms with Crippen LogP contribution in [0.15, 0.2) is 86.2 Å². The van der Waals surface area contributed by atoms with E-state index in [1.165, 1.54) is 17.4 Å². The Morgan fingerprint density at radius 3 is 1.03 bits per heavy atom. The van der Waals surface area contributed by atoms with Gasteiger partial charge >= 0.3 is 0 Å². The number of nitrogens with zero attached hydrogens (tertiary/aromatic N) is 4. The monoisotopic (exact) mass is 1140 g/mol. The minimum Gasteiger partial charge on any atom is -0.367 e. The van der Waals surface area contributed by atoms with E-state index in [1.807, 2.05) is 30.3 Å². The summed E-state index contributed by atoms with van der Waals surface area (Å²) in [6.07, 6.45) is 2.26. The van der Waals surface area contributed by atoms with Gasteiger partial charge < -0.3 is 19.6 Å². The van der Waals surface area contributed by atoms with Crippen molar-refractivity contribution in [3.8, 4) is 0 Å². The Morgan fingerprint density at radius 1 is 0.438 bits per heavy atom. The van der Waals surface area contributed by atoms with Gasteiger partial charge in [0, 0.05) is 79.0 Å². The molecular formula is C52H76Br3Cl3F2N4. The second-order valence-corrected chi connectivity index (χ2v) is 24.1. The van der Waals surface area contributed by atoms with E-state index in [4.69, 9.17) is 34.8 Å². The Labute approximate surface area is 428 Å². The molecule has 0 heterocycles. The van der Waals surface area contributed by atoms with E-state index in [9.17, 15) is 8.78 Å². The molecule has 4 aromatic carbocycles. The third-order valence-electron chi connectivity index (χ3n) is 9.78. The van der Waals surface area contributed by atoms with Gasteiger partial charge in [-0.2, -0.15) is 0 Å². The van der Waals surface area contributed by atoms with Gasteiger partial charge in [0.1, 0.15) is 11.6 Å². The number of anilines is 4. The molecule has 0 fully saturated rings. The van der Waals surface area contributed by atoms with E-state index in [0.29, 0.717) is 16.6 Å². The smallest absolute Gasteiger partial charge is 0.141 e. The number of rotatable bonds is 10. The molecule has 0 bridgehead atoms. The lowest BCUT2D eigenvalue weighted by molar-refractivity contribution is 0.464. The van der Waals surface area contributed by atoms with Crippen molar-refractivity contribution in [3.05, 3.63) is 113 Å². The van der Waals surface area contributed by atoms with Gasteiger partial charge in [-0.1, -0.05) is 48.7 Å². The minimum absolute atomic E-state index is 0.0185. The molecule has 0 atom stereocenters. The number of hydrogen-bond donors (Lipinski definition) is 0. The Balaban J connectivity index is 0.000000427. The lowest BCUT2D eigenvalue weighted by atomic mass is 10.0. The third-order valence-corrected chi connectivity index (χ3v) is 13.2. The molecule has 0 aliphatic rings. The SMILES string of the molecule is CC(C)N(c1ccc(Br)c(F)c1)C(C)(C)C.CC(C)N(c1ccc(F)c(Cl)c1)C(C)(C)C.CCCN(c1ccc(Br)c(Cl)c1)C(C)(C)C.CCCN(c1ccc(Br)c(Cl)c1)C(C)(C)C. The number of halogens is 8. The molecular weight excluding hydrogens is 1060 g/mol. The van der Waals surface area contributed by atoms with Crippen LogP contribution in [0.25, 0.3) is 0 Å². The summed E-state index contributed by atoms with van der Waals surface area (Å²) in [5, 5.41) is 1.71. The van der Waals surface area contributed by atoms with Gasteiger partial charge in [0.25, 0.3) is 0 Å². The molecule has 4 rings (SSSR count). The first-order valence-corrected chi connectivity index (χ1v) is 25.6. The van der Waals surface area contributed by atoms with Gasteiger partial charge in [0.05, 0.1) is 19.5 Å². The predicted molar refractivity (Wildman–Crippen MR) is 293 cm³/mol. The van der Waals surface area contributed by atoms with Crippen molar-refractivity contribution >= 4 is 105 Å². The molecule has 0 radical (unpaired) electrons. The molecule has 360 valence electrons. The summed E-state index contributed by atoms with van der Waals surface area (Å²) in [7, 11) is 0. The van der Waals surface area contributed by atoms with Crippen LogP contribution in [0, 0.1) is 11.6 Å². The normalized spacial score (nSPS) is 11.8. The van der Waals surface area contributed by atoms with Crippen LogP contribution in [-0.4, -0.2) is 47.3 Å². The second kappa shape index (κ2) is 26.1. The van der Waals surface area contributed by atoms with Crippen LogP contribution in [0.3, 0.4) is 0 Å². The van der Waals surface area contributed by atoms with Crippen LogP contribution in [0.2, 0.25) is 15.1 Å². The molecule has 0 unspecified atom stereocenters. The van der Waals surface area contributed by atoms with Gasteiger partial charge in [-0.25, -0.2) is 8.78 Å². The molecule has 0 aliphatic carbocycles. The predicted octanol–water partition coefficient (Wildman–Crippen LogP) is 19.3. The maximum atomic E-state index is 13.5. The van der Waals surface area contributed by atoms with Crippen molar-refractivity contribution in [3.63, 3.8) is 0 Å². The van der Waals surface area contributed by atoms with Gasteiger partial charge in [-0.05, 0) is 244 Å². The Kier molecular flexibility index (Phi) is 24.6. The minimum atomic E-state index is -0.372. The van der Waals surface area contributed by atoms with E-state index in [1.54, 1.807) is 24.3 Å². The molecule has 0 saturated carbocycles. The number of benzene rings is 4. The lowest BCUT2D eigenvalue weighted by Gasteiger charge is -2.41. The molecule has 4 nitrogen and oxygen atoms in total. The highest BCUT2D eigenvalue weighted by atomic mass is 79.9. The van der Waals surface area contributed by atoms with Gasteiger partial charge in [0.15, 0.2) is 0 Å². The Bertz CT molecular complexity index is 1890. The fraction of sp³-hybridized carbons (Fsp3) is 0.538. The van der Waals surface area contributed by atoms with Gasteiger partial charge in [-0.15, -0.1) is 0 Å². The zero-order valence-corrected chi connectivity index (χ0v) is 48.7. The quantitative estimate of drug-likeness (QED) is 0.157. The van der Waals surface area contributed by atoms with Crippen molar-refractivity contribution in [2.45, 2.75) is 172 Å². The largest absolute Gasteiger partial charge is 0.367 e. The molecule has 0 spiro atoms. The average molecular weight is 1140 g/mol. The first-order valence-electron chi connectivity index (χ1n) is 22.1. The average Bonchev–Trinajstić information content (AvgIpc) is 3.13. The zero-order chi connectivity index (χ0) is 49.7. The summed E-state index contributed by atoms with van der Waals surface area (Å²) in [5.74, 6) is -0.588. The molecule has 12 heteroatoms. The van der Waals surface area contributed by atoms with Crippen molar-refractivity contribution in [2.24, 2.45) is 0 Å². The second-order valence-electron chi connectivity index (χ2n) is 20.3.